The summed E-state index contributed by atoms with van der Waals surface area (Å²) in [5.41, 5.74) is 0.415. The molecule has 0 bridgehead atoms. The molecule has 0 saturated heterocycles. The van der Waals surface area contributed by atoms with Crippen LogP contribution in [0.5, 0.6) is 0 Å². The number of rotatable bonds is 8. The molecule has 2 atom stereocenters. The van der Waals surface area contributed by atoms with Gasteiger partial charge in [-0.25, -0.2) is 9.59 Å². The fourth-order valence-electron chi connectivity index (χ4n) is 3.30. The summed E-state index contributed by atoms with van der Waals surface area (Å²) in [7, 11) is 1.17. The Bertz CT molecular complexity index is 1080. The van der Waals surface area contributed by atoms with Crippen molar-refractivity contribution < 1.29 is 27.8 Å². The summed E-state index contributed by atoms with van der Waals surface area (Å²) >= 11 is 5.90. The second kappa shape index (κ2) is 10.9. The Morgan fingerprint density at radius 1 is 0.970 bits per heavy atom. The van der Waals surface area contributed by atoms with Gasteiger partial charge in [-0.2, -0.15) is 8.78 Å². The lowest BCUT2D eigenvalue weighted by molar-refractivity contribution is -0.143. The third-order valence-corrected chi connectivity index (χ3v) is 5.16. The fourth-order valence-corrected chi connectivity index (χ4v) is 3.49. The number of alkyl halides is 2. The highest BCUT2D eigenvalue weighted by Crippen LogP contribution is 2.43. The molecule has 1 N–H and O–H groups in total. The number of carbonyl (C=O) groups is 2. The van der Waals surface area contributed by atoms with Crippen LogP contribution in [-0.2, 0) is 26.6 Å². The van der Waals surface area contributed by atoms with Gasteiger partial charge in [-0.05, 0) is 23.3 Å². The van der Waals surface area contributed by atoms with Crippen LogP contribution in [-0.4, -0.2) is 25.2 Å². The normalized spacial score (nSPS) is 13.0. The van der Waals surface area contributed by atoms with Crippen LogP contribution in [0.25, 0.3) is 0 Å². The molecule has 3 aromatic rings. The smallest absolute Gasteiger partial charge is 0.408 e. The van der Waals surface area contributed by atoms with Gasteiger partial charge < -0.3 is 14.8 Å². The summed E-state index contributed by atoms with van der Waals surface area (Å²) in [6.45, 7) is 0. The molecule has 0 saturated carbocycles. The second-order valence-electron chi connectivity index (χ2n) is 7.24. The molecule has 5 nitrogen and oxygen atoms in total. The van der Waals surface area contributed by atoms with E-state index in [1.54, 1.807) is 48.5 Å². The van der Waals surface area contributed by atoms with Gasteiger partial charge in [0.25, 0.3) is 0 Å². The van der Waals surface area contributed by atoms with E-state index in [1.165, 1.54) is 37.4 Å². The van der Waals surface area contributed by atoms with Crippen LogP contribution in [0.4, 0.5) is 13.6 Å². The van der Waals surface area contributed by atoms with E-state index in [1.807, 2.05) is 0 Å². The highest BCUT2D eigenvalue weighted by Gasteiger charge is 2.46. The van der Waals surface area contributed by atoms with Gasteiger partial charge in [-0.15, -0.1) is 0 Å². The third kappa shape index (κ3) is 6.29. The molecule has 0 aliphatic heterocycles. The van der Waals surface area contributed by atoms with E-state index in [0.29, 0.717) is 0 Å². The molecule has 0 heterocycles. The Kier molecular flexibility index (Phi) is 8.01. The first-order chi connectivity index (χ1) is 15.8. The molecule has 0 spiro atoms. The topological polar surface area (TPSA) is 64.6 Å². The molecule has 3 rings (SSSR count). The zero-order chi connectivity index (χ0) is 23.8. The standard InChI is InChI=1S/C25H22ClF2NO4/c1-32-23(30)21(15-17-9-4-2-5-10-17)29-24(31)33-22(18-11-6-3-7-12-18)25(27,28)19-13-8-14-20(26)16-19/h2-14,16,21-22H,15H2,1H3,(H,29,31)/t21-,22?/m0/s1. The predicted molar refractivity (Wildman–Crippen MR) is 120 cm³/mol. The van der Waals surface area contributed by atoms with Crippen LogP contribution in [0, 0.1) is 0 Å². The molecule has 0 radical (unpaired) electrons. The Balaban J connectivity index is 1.85. The van der Waals surface area contributed by atoms with Crippen molar-refractivity contribution in [3.8, 4) is 0 Å². The number of carbonyl (C=O) groups excluding carboxylic acids is 2. The molecule has 0 aliphatic carbocycles. The summed E-state index contributed by atoms with van der Waals surface area (Å²) in [6.07, 6.45) is -3.05. The van der Waals surface area contributed by atoms with E-state index in [-0.39, 0.29) is 17.0 Å². The summed E-state index contributed by atoms with van der Waals surface area (Å²) in [4.78, 5) is 24.9. The van der Waals surface area contributed by atoms with E-state index < -0.39 is 35.7 Å². The number of esters is 1. The van der Waals surface area contributed by atoms with E-state index in [2.05, 4.69) is 5.32 Å². The Labute approximate surface area is 195 Å². The molecule has 1 unspecified atom stereocenters. The fraction of sp³-hybridized carbons (Fsp3) is 0.200. The first-order valence-electron chi connectivity index (χ1n) is 10.1. The van der Waals surface area contributed by atoms with Crippen LogP contribution in [0.15, 0.2) is 84.9 Å². The average molecular weight is 474 g/mol. The van der Waals surface area contributed by atoms with Gasteiger partial charge in [0.05, 0.1) is 7.11 Å². The molecule has 1 amide bonds. The SMILES string of the molecule is COC(=O)[C@H](Cc1ccccc1)NC(=O)OC(c1ccccc1)C(F)(F)c1cccc(Cl)c1. The van der Waals surface area contributed by atoms with E-state index in [9.17, 15) is 9.59 Å². The van der Waals surface area contributed by atoms with Crippen LogP contribution < -0.4 is 5.32 Å². The van der Waals surface area contributed by atoms with Crippen molar-refractivity contribution in [1.82, 2.24) is 5.32 Å². The van der Waals surface area contributed by atoms with E-state index in [0.717, 1.165) is 11.6 Å². The molecule has 33 heavy (non-hydrogen) atoms. The number of benzene rings is 3. The number of hydrogen-bond donors (Lipinski definition) is 1. The largest absolute Gasteiger partial charge is 0.467 e. The molecular weight excluding hydrogens is 452 g/mol. The van der Waals surface area contributed by atoms with Crippen LogP contribution in [0.3, 0.4) is 0 Å². The number of ether oxygens (including phenoxy) is 2. The average Bonchev–Trinajstić information content (AvgIpc) is 2.82. The lowest BCUT2D eigenvalue weighted by Crippen LogP contribution is -2.44. The lowest BCUT2D eigenvalue weighted by Gasteiger charge is -2.28. The van der Waals surface area contributed by atoms with Gasteiger partial charge in [0, 0.05) is 17.0 Å². The summed E-state index contributed by atoms with van der Waals surface area (Å²) in [5.74, 6) is -4.34. The zero-order valence-electron chi connectivity index (χ0n) is 17.7. The lowest BCUT2D eigenvalue weighted by atomic mass is 9.97. The highest BCUT2D eigenvalue weighted by atomic mass is 35.5. The number of alkyl carbamates (subject to hydrolysis) is 1. The molecule has 0 aliphatic rings. The van der Waals surface area contributed by atoms with Crippen molar-refractivity contribution in [1.29, 1.82) is 0 Å². The highest BCUT2D eigenvalue weighted by molar-refractivity contribution is 6.30. The number of halogens is 3. The minimum atomic E-state index is -3.61. The van der Waals surface area contributed by atoms with Gasteiger partial charge in [-0.1, -0.05) is 84.4 Å². The van der Waals surface area contributed by atoms with Gasteiger partial charge in [-0.3, -0.25) is 0 Å². The summed E-state index contributed by atoms with van der Waals surface area (Å²) < 4.78 is 41.0. The van der Waals surface area contributed by atoms with Crippen LogP contribution >= 0.6 is 11.6 Å². The zero-order valence-corrected chi connectivity index (χ0v) is 18.5. The quantitative estimate of drug-likeness (QED) is 0.427. The maximum absolute atomic E-state index is 15.5. The first kappa shape index (κ1) is 24.2. The summed E-state index contributed by atoms with van der Waals surface area (Å²) in [5, 5.41) is 2.48. The van der Waals surface area contributed by atoms with E-state index >= 15 is 8.78 Å². The number of methoxy groups -OCH3 is 1. The van der Waals surface area contributed by atoms with Crippen molar-refractivity contribution in [2.24, 2.45) is 0 Å². The Morgan fingerprint density at radius 3 is 2.21 bits per heavy atom. The van der Waals surface area contributed by atoms with Crippen LogP contribution in [0.2, 0.25) is 5.02 Å². The molecule has 8 heteroatoms. The predicted octanol–water partition coefficient (Wildman–Crippen LogP) is 5.68. The minimum Gasteiger partial charge on any atom is -0.467 e. The van der Waals surface area contributed by atoms with Crippen LogP contribution in [0.1, 0.15) is 22.8 Å². The van der Waals surface area contributed by atoms with Gasteiger partial charge in [0.1, 0.15) is 6.04 Å². The number of amides is 1. The minimum absolute atomic E-state index is 0.0790. The molecule has 3 aromatic carbocycles. The van der Waals surface area contributed by atoms with Crippen molar-refractivity contribution >= 4 is 23.7 Å². The monoisotopic (exact) mass is 473 g/mol. The number of hydrogen-bond acceptors (Lipinski definition) is 4. The van der Waals surface area contributed by atoms with Gasteiger partial charge in [0.2, 0.25) is 0 Å². The second-order valence-corrected chi connectivity index (χ2v) is 7.68. The van der Waals surface area contributed by atoms with Gasteiger partial charge >= 0.3 is 18.0 Å². The Morgan fingerprint density at radius 2 is 1.61 bits per heavy atom. The van der Waals surface area contributed by atoms with Crippen molar-refractivity contribution in [3.63, 3.8) is 0 Å². The third-order valence-electron chi connectivity index (χ3n) is 4.93. The molecule has 172 valence electrons. The summed E-state index contributed by atoms with van der Waals surface area (Å²) in [6, 6.07) is 20.6. The van der Waals surface area contributed by atoms with Crippen molar-refractivity contribution in [2.45, 2.75) is 24.5 Å². The van der Waals surface area contributed by atoms with Gasteiger partial charge in [0.15, 0.2) is 6.10 Å². The van der Waals surface area contributed by atoms with Crippen molar-refractivity contribution in [2.75, 3.05) is 7.11 Å². The maximum Gasteiger partial charge on any atom is 0.408 e. The molecular formula is C25H22ClF2NO4. The van der Waals surface area contributed by atoms with Crippen molar-refractivity contribution in [3.05, 3.63) is 107 Å². The number of nitrogens with one attached hydrogen (secondary N) is 1. The maximum atomic E-state index is 15.5. The molecule has 0 fully saturated rings. The molecule has 0 aromatic heterocycles. The first-order valence-corrected chi connectivity index (χ1v) is 10.5. The Hall–Kier alpha value is -3.45. The van der Waals surface area contributed by atoms with E-state index in [4.69, 9.17) is 21.1 Å².